The third-order valence-electron chi connectivity index (χ3n) is 3.15. The molecule has 1 aliphatic heterocycles. The Morgan fingerprint density at radius 1 is 1.38 bits per heavy atom. The Bertz CT molecular complexity index is 764. The Kier molecular flexibility index (Phi) is 4.08. The van der Waals surface area contributed by atoms with E-state index in [2.05, 4.69) is 0 Å². The fourth-order valence-corrected chi connectivity index (χ4v) is 3.43. The lowest BCUT2D eigenvalue weighted by molar-refractivity contribution is 0.368. The van der Waals surface area contributed by atoms with Gasteiger partial charge in [0.25, 0.3) is 0 Å². The van der Waals surface area contributed by atoms with Crippen molar-refractivity contribution >= 4 is 28.9 Å². The molecule has 1 aliphatic rings. The summed E-state index contributed by atoms with van der Waals surface area (Å²) in [6.07, 6.45) is 2.00. The van der Waals surface area contributed by atoms with Crippen LogP contribution >= 0.6 is 23.4 Å². The van der Waals surface area contributed by atoms with Crippen LogP contribution in [0.25, 0.3) is 5.57 Å². The highest BCUT2D eigenvalue weighted by molar-refractivity contribution is 7.99. The van der Waals surface area contributed by atoms with Crippen LogP contribution in [-0.4, -0.2) is 12.4 Å². The normalized spacial score (nSPS) is 13.5. The van der Waals surface area contributed by atoms with Gasteiger partial charge in [0.05, 0.1) is 10.6 Å². The van der Waals surface area contributed by atoms with Gasteiger partial charge in [-0.2, -0.15) is 0 Å². The van der Waals surface area contributed by atoms with Crippen LogP contribution in [0.15, 0.2) is 50.5 Å². The van der Waals surface area contributed by atoms with Gasteiger partial charge in [-0.3, -0.25) is 0 Å². The van der Waals surface area contributed by atoms with Gasteiger partial charge in [-0.25, -0.2) is 4.79 Å². The largest absolute Gasteiger partial charge is 0.487 e. The lowest BCUT2D eigenvalue weighted by Crippen LogP contribution is -2.15. The van der Waals surface area contributed by atoms with E-state index in [9.17, 15) is 4.79 Å². The van der Waals surface area contributed by atoms with Gasteiger partial charge < -0.3 is 9.15 Å². The maximum absolute atomic E-state index is 12.1. The minimum atomic E-state index is -0.314. The molecule has 21 heavy (non-hydrogen) atoms. The highest BCUT2D eigenvalue weighted by Gasteiger charge is 2.19. The number of fused-ring (bicyclic) bond motifs is 1. The summed E-state index contributed by atoms with van der Waals surface area (Å²) in [6, 6.07) is 9.17. The molecule has 2 aromatic rings. The van der Waals surface area contributed by atoms with Gasteiger partial charge in [-0.1, -0.05) is 29.8 Å². The van der Waals surface area contributed by atoms with E-state index >= 15 is 0 Å². The standard InChI is InChI=1S/C16H13ClO3S/c1-10-8-14-15(16(18)20-10)11(6-7-21-14)9-19-13-5-3-2-4-12(13)17/h2-6,8H,7,9H2,1H3. The molecular formula is C16H13ClO3S. The molecule has 0 unspecified atom stereocenters. The first-order chi connectivity index (χ1) is 10.1. The topological polar surface area (TPSA) is 39.4 Å². The number of para-hydroxylation sites is 1. The zero-order valence-electron chi connectivity index (χ0n) is 11.4. The van der Waals surface area contributed by atoms with Crippen molar-refractivity contribution in [3.05, 3.63) is 63.2 Å². The summed E-state index contributed by atoms with van der Waals surface area (Å²) in [5.74, 6) is 2.05. The third-order valence-corrected chi connectivity index (χ3v) is 4.43. The third kappa shape index (κ3) is 3.01. The van der Waals surface area contributed by atoms with Crippen LogP contribution in [-0.2, 0) is 0 Å². The van der Waals surface area contributed by atoms with Crippen LogP contribution in [0.2, 0.25) is 5.02 Å². The molecule has 0 amide bonds. The SMILES string of the molecule is Cc1cc2c(c(=O)o1)C(COc1ccccc1Cl)=CCS2. The molecule has 3 rings (SSSR count). The number of hydrogen-bond acceptors (Lipinski definition) is 4. The minimum Gasteiger partial charge on any atom is -0.487 e. The van der Waals surface area contributed by atoms with Crippen molar-refractivity contribution in [2.45, 2.75) is 11.8 Å². The van der Waals surface area contributed by atoms with Crippen molar-refractivity contribution < 1.29 is 9.15 Å². The molecule has 1 aromatic carbocycles. The van der Waals surface area contributed by atoms with Crippen LogP contribution in [0.3, 0.4) is 0 Å². The van der Waals surface area contributed by atoms with E-state index in [0.717, 1.165) is 16.2 Å². The van der Waals surface area contributed by atoms with Crippen molar-refractivity contribution in [2.24, 2.45) is 0 Å². The molecule has 0 N–H and O–H groups in total. The van der Waals surface area contributed by atoms with Crippen LogP contribution in [0.1, 0.15) is 11.3 Å². The Labute approximate surface area is 131 Å². The van der Waals surface area contributed by atoms with Gasteiger partial charge in [0.2, 0.25) is 0 Å². The van der Waals surface area contributed by atoms with Crippen LogP contribution in [0, 0.1) is 6.92 Å². The van der Waals surface area contributed by atoms with E-state index in [1.807, 2.05) is 24.3 Å². The van der Waals surface area contributed by atoms with E-state index in [1.54, 1.807) is 30.8 Å². The van der Waals surface area contributed by atoms with Gasteiger partial charge >= 0.3 is 5.63 Å². The Morgan fingerprint density at radius 2 is 2.19 bits per heavy atom. The second kappa shape index (κ2) is 6.00. The summed E-state index contributed by atoms with van der Waals surface area (Å²) in [5, 5.41) is 0.555. The van der Waals surface area contributed by atoms with Gasteiger partial charge in [-0.05, 0) is 25.1 Å². The number of benzene rings is 1. The van der Waals surface area contributed by atoms with Crippen molar-refractivity contribution in [1.82, 2.24) is 0 Å². The summed E-state index contributed by atoms with van der Waals surface area (Å²) in [5.41, 5.74) is 1.13. The fraction of sp³-hybridized carbons (Fsp3) is 0.188. The van der Waals surface area contributed by atoms with E-state index in [0.29, 0.717) is 28.7 Å². The van der Waals surface area contributed by atoms with Gasteiger partial charge in [0.15, 0.2) is 0 Å². The first kappa shape index (κ1) is 14.3. The first-order valence-electron chi connectivity index (χ1n) is 6.49. The molecule has 0 fully saturated rings. The summed E-state index contributed by atoms with van der Waals surface area (Å²) in [7, 11) is 0. The molecule has 0 spiro atoms. The maximum Gasteiger partial charge on any atom is 0.344 e. The average molecular weight is 321 g/mol. The van der Waals surface area contributed by atoms with E-state index in [-0.39, 0.29) is 5.63 Å². The molecule has 0 radical (unpaired) electrons. The highest BCUT2D eigenvalue weighted by Crippen LogP contribution is 2.33. The summed E-state index contributed by atoms with van der Waals surface area (Å²) < 4.78 is 10.9. The molecule has 108 valence electrons. The zero-order valence-corrected chi connectivity index (χ0v) is 13.0. The molecule has 0 saturated carbocycles. The summed E-state index contributed by atoms with van der Waals surface area (Å²) in [6.45, 7) is 2.07. The van der Waals surface area contributed by atoms with Gasteiger partial charge in [-0.15, -0.1) is 11.8 Å². The molecule has 0 bridgehead atoms. The van der Waals surface area contributed by atoms with Gasteiger partial charge in [0, 0.05) is 16.2 Å². The molecule has 0 saturated heterocycles. The molecule has 5 heteroatoms. The molecule has 0 aliphatic carbocycles. The van der Waals surface area contributed by atoms with E-state index in [1.165, 1.54) is 0 Å². The monoisotopic (exact) mass is 320 g/mol. The quantitative estimate of drug-likeness (QED) is 0.851. The highest BCUT2D eigenvalue weighted by atomic mass is 35.5. The second-order valence-electron chi connectivity index (χ2n) is 4.64. The number of hydrogen-bond donors (Lipinski definition) is 0. The van der Waals surface area contributed by atoms with Crippen molar-refractivity contribution in [3.8, 4) is 5.75 Å². The molecule has 0 atom stereocenters. The van der Waals surface area contributed by atoms with E-state index < -0.39 is 0 Å². The Hall–Kier alpha value is -1.65. The summed E-state index contributed by atoms with van der Waals surface area (Å²) in [4.78, 5) is 13.0. The molecule has 2 heterocycles. The number of ether oxygens (including phenoxy) is 1. The predicted octanol–water partition coefficient (Wildman–Crippen LogP) is 4.17. The minimum absolute atomic E-state index is 0.297. The fourth-order valence-electron chi connectivity index (χ4n) is 2.17. The maximum atomic E-state index is 12.1. The van der Waals surface area contributed by atoms with E-state index in [4.69, 9.17) is 20.8 Å². The number of halogens is 1. The lowest BCUT2D eigenvalue weighted by Gasteiger charge is -2.17. The molecule has 1 aromatic heterocycles. The van der Waals surface area contributed by atoms with Crippen LogP contribution < -0.4 is 10.4 Å². The molecule has 3 nitrogen and oxygen atoms in total. The van der Waals surface area contributed by atoms with Crippen LogP contribution in [0.4, 0.5) is 0 Å². The molecular weight excluding hydrogens is 308 g/mol. The Morgan fingerprint density at radius 3 is 3.00 bits per heavy atom. The van der Waals surface area contributed by atoms with Crippen molar-refractivity contribution in [3.63, 3.8) is 0 Å². The smallest absolute Gasteiger partial charge is 0.344 e. The zero-order chi connectivity index (χ0) is 14.8. The van der Waals surface area contributed by atoms with Crippen molar-refractivity contribution in [1.29, 1.82) is 0 Å². The Balaban J connectivity index is 1.87. The van der Waals surface area contributed by atoms with Crippen molar-refractivity contribution in [2.75, 3.05) is 12.4 Å². The predicted molar refractivity (Wildman–Crippen MR) is 85.4 cm³/mol. The van der Waals surface area contributed by atoms with Gasteiger partial charge in [0.1, 0.15) is 18.1 Å². The average Bonchev–Trinajstić information content (AvgIpc) is 2.45. The van der Waals surface area contributed by atoms with Crippen LogP contribution in [0.5, 0.6) is 5.75 Å². The number of rotatable bonds is 3. The number of aryl methyl sites for hydroxylation is 1. The lowest BCUT2D eigenvalue weighted by atomic mass is 10.1. The first-order valence-corrected chi connectivity index (χ1v) is 7.86. The second-order valence-corrected chi connectivity index (χ2v) is 6.11. The summed E-state index contributed by atoms with van der Waals surface area (Å²) >= 11 is 7.69. The number of thioether (sulfide) groups is 1.